The number of rotatable bonds is 6. The molecule has 1 N–H and O–H groups in total. The van der Waals surface area contributed by atoms with Crippen molar-refractivity contribution >= 4 is 12.4 Å². The number of benzene rings is 1. The molecule has 0 atom stereocenters. The highest BCUT2D eigenvalue weighted by atomic mass is 35.5. The van der Waals surface area contributed by atoms with Crippen LogP contribution in [-0.2, 0) is 13.1 Å². The van der Waals surface area contributed by atoms with E-state index >= 15 is 0 Å². The number of ether oxygens (including phenoxy) is 1. The van der Waals surface area contributed by atoms with E-state index in [0.717, 1.165) is 18.8 Å². The SMILES string of the molecule is CCOc1ccc(CNCc2ccncc2)cc1.Cl. The van der Waals surface area contributed by atoms with E-state index in [4.69, 9.17) is 4.74 Å². The number of nitrogens with zero attached hydrogens (tertiary/aromatic N) is 1. The van der Waals surface area contributed by atoms with Crippen molar-refractivity contribution in [3.8, 4) is 5.75 Å². The first-order valence-electron chi connectivity index (χ1n) is 6.20. The van der Waals surface area contributed by atoms with Gasteiger partial charge in [0.05, 0.1) is 6.61 Å². The second kappa shape index (κ2) is 8.51. The van der Waals surface area contributed by atoms with Gasteiger partial charge in [0, 0.05) is 25.5 Å². The molecule has 0 saturated carbocycles. The number of halogens is 1. The van der Waals surface area contributed by atoms with Gasteiger partial charge in [-0.05, 0) is 42.3 Å². The lowest BCUT2D eigenvalue weighted by atomic mass is 10.2. The minimum atomic E-state index is 0. The Labute approximate surface area is 120 Å². The molecule has 3 nitrogen and oxygen atoms in total. The average molecular weight is 279 g/mol. The van der Waals surface area contributed by atoms with E-state index in [1.165, 1.54) is 11.1 Å². The summed E-state index contributed by atoms with van der Waals surface area (Å²) >= 11 is 0. The van der Waals surface area contributed by atoms with Gasteiger partial charge in [-0.3, -0.25) is 4.98 Å². The van der Waals surface area contributed by atoms with E-state index in [-0.39, 0.29) is 12.4 Å². The fourth-order valence-electron chi connectivity index (χ4n) is 1.72. The summed E-state index contributed by atoms with van der Waals surface area (Å²) in [4.78, 5) is 4.00. The highest BCUT2D eigenvalue weighted by molar-refractivity contribution is 5.85. The van der Waals surface area contributed by atoms with Crippen molar-refractivity contribution in [2.45, 2.75) is 20.0 Å². The summed E-state index contributed by atoms with van der Waals surface area (Å²) in [5, 5.41) is 3.40. The maximum absolute atomic E-state index is 5.41. The molecule has 2 rings (SSSR count). The molecule has 0 amide bonds. The standard InChI is InChI=1S/C15H18N2O.ClH/c1-2-18-15-5-3-13(4-6-15)11-17-12-14-7-9-16-10-8-14;/h3-10,17H,2,11-12H2,1H3;1H. The van der Waals surface area contributed by atoms with Crippen molar-refractivity contribution in [2.75, 3.05) is 6.61 Å². The topological polar surface area (TPSA) is 34.1 Å². The molecule has 1 aromatic carbocycles. The van der Waals surface area contributed by atoms with Crippen molar-refractivity contribution in [2.24, 2.45) is 0 Å². The molecule has 0 aliphatic heterocycles. The zero-order valence-electron chi connectivity index (χ0n) is 11.0. The van der Waals surface area contributed by atoms with Gasteiger partial charge in [0.2, 0.25) is 0 Å². The number of pyridine rings is 1. The van der Waals surface area contributed by atoms with Gasteiger partial charge in [-0.15, -0.1) is 12.4 Å². The predicted octanol–water partition coefficient (Wildman–Crippen LogP) is 3.19. The molecule has 4 heteroatoms. The van der Waals surface area contributed by atoms with Gasteiger partial charge in [-0.25, -0.2) is 0 Å². The molecule has 0 fully saturated rings. The Morgan fingerprint density at radius 2 is 1.53 bits per heavy atom. The van der Waals surface area contributed by atoms with Crippen molar-refractivity contribution < 1.29 is 4.74 Å². The Morgan fingerprint density at radius 1 is 0.947 bits per heavy atom. The lowest BCUT2D eigenvalue weighted by Gasteiger charge is -2.06. The van der Waals surface area contributed by atoms with Gasteiger partial charge in [0.15, 0.2) is 0 Å². The van der Waals surface area contributed by atoms with Crippen LogP contribution in [0.5, 0.6) is 5.75 Å². The molecule has 0 aliphatic carbocycles. The Bertz CT molecular complexity index is 459. The van der Waals surface area contributed by atoms with Crippen LogP contribution in [0.1, 0.15) is 18.1 Å². The second-order valence-electron chi connectivity index (χ2n) is 4.04. The van der Waals surface area contributed by atoms with Crippen LogP contribution < -0.4 is 10.1 Å². The van der Waals surface area contributed by atoms with Crippen LogP contribution in [0.4, 0.5) is 0 Å². The zero-order chi connectivity index (χ0) is 12.6. The third-order valence-corrected chi connectivity index (χ3v) is 2.64. The summed E-state index contributed by atoms with van der Waals surface area (Å²) in [6.45, 7) is 4.41. The molecule has 0 saturated heterocycles. The summed E-state index contributed by atoms with van der Waals surface area (Å²) in [5.74, 6) is 0.926. The van der Waals surface area contributed by atoms with Crippen LogP contribution >= 0.6 is 12.4 Å². The quantitative estimate of drug-likeness (QED) is 0.881. The third kappa shape index (κ3) is 5.28. The van der Waals surface area contributed by atoms with Gasteiger partial charge >= 0.3 is 0 Å². The molecule has 0 bridgehead atoms. The molecule has 0 unspecified atom stereocenters. The molecule has 1 heterocycles. The van der Waals surface area contributed by atoms with E-state index < -0.39 is 0 Å². The maximum atomic E-state index is 5.41. The van der Waals surface area contributed by atoms with Gasteiger partial charge in [-0.2, -0.15) is 0 Å². The minimum Gasteiger partial charge on any atom is -0.494 e. The summed E-state index contributed by atoms with van der Waals surface area (Å²) in [6, 6.07) is 12.2. The number of hydrogen-bond donors (Lipinski definition) is 1. The summed E-state index contributed by atoms with van der Waals surface area (Å²) in [7, 11) is 0. The zero-order valence-corrected chi connectivity index (χ0v) is 11.8. The maximum Gasteiger partial charge on any atom is 0.119 e. The highest BCUT2D eigenvalue weighted by Crippen LogP contribution is 2.11. The van der Waals surface area contributed by atoms with E-state index in [1.54, 1.807) is 0 Å². The van der Waals surface area contributed by atoms with Crippen molar-refractivity contribution in [3.63, 3.8) is 0 Å². The number of hydrogen-bond acceptors (Lipinski definition) is 3. The first-order chi connectivity index (χ1) is 8.88. The van der Waals surface area contributed by atoms with E-state index in [9.17, 15) is 0 Å². The molecular weight excluding hydrogens is 260 g/mol. The van der Waals surface area contributed by atoms with E-state index in [0.29, 0.717) is 6.61 Å². The molecule has 0 spiro atoms. The fourth-order valence-corrected chi connectivity index (χ4v) is 1.72. The number of nitrogens with one attached hydrogen (secondary N) is 1. The second-order valence-corrected chi connectivity index (χ2v) is 4.04. The Morgan fingerprint density at radius 3 is 2.11 bits per heavy atom. The average Bonchev–Trinajstić information content (AvgIpc) is 2.42. The van der Waals surface area contributed by atoms with Crippen LogP contribution in [0.15, 0.2) is 48.8 Å². The van der Waals surface area contributed by atoms with Crippen molar-refractivity contribution in [3.05, 3.63) is 59.9 Å². The normalized spacial score (nSPS) is 9.74. The smallest absolute Gasteiger partial charge is 0.119 e. The minimum absolute atomic E-state index is 0. The molecule has 19 heavy (non-hydrogen) atoms. The first-order valence-corrected chi connectivity index (χ1v) is 6.20. The molecule has 0 aliphatic rings. The Balaban J connectivity index is 0.00000180. The largest absolute Gasteiger partial charge is 0.494 e. The monoisotopic (exact) mass is 278 g/mol. The molecule has 102 valence electrons. The Kier molecular flexibility index (Phi) is 6.93. The highest BCUT2D eigenvalue weighted by Gasteiger charge is 1.95. The van der Waals surface area contributed by atoms with Gasteiger partial charge < -0.3 is 10.1 Å². The van der Waals surface area contributed by atoms with E-state index in [1.807, 2.05) is 43.6 Å². The lowest BCUT2D eigenvalue weighted by Crippen LogP contribution is -2.12. The molecule has 2 aromatic rings. The van der Waals surface area contributed by atoms with Crippen LogP contribution in [0.3, 0.4) is 0 Å². The van der Waals surface area contributed by atoms with Gasteiger partial charge in [0.25, 0.3) is 0 Å². The molecule has 1 aromatic heterocycles. The van der Waals surface area contributed by atoms with Crippen LogP contribution in [0.25, 0.3) is 0 Å². The van der Waals surface area contributed by atoms with Crippen LogP contribution in [0.2, 0.25) is 0 Å². The summed E-state index contributed by atoms with van der Waals surface area (Å²) in [6.07, 6.45) is 3.63. The number of aromatic nitrogens is 1. The van der Waals surface area contributed by atoms with Gasteiger partial charge in [-0.1, -0.05) is 12.1 Å². The summed E-state index contributed by atoms with van der Waals surface area (Å²) in [5.41, 5.74) is 2.50. The molecular formula is C15H19ClN2O. The Hall–Kier alpha value is -1.58. The van der Waals surface area contributed by atoms with E-state index in [2.05, 4.69) is 22.4 Å². The lowest BCUT2D eigenvalue weighted by molar-refractivity contribution is 0.340. The van der Waals surface area contributed by atoms with Crippen molar-refractivity contribution in [1.82, 2.24) is 10.3 Å². The van der Waals surface area contributed by atoms with Crippen LogP contribution in [0, 0.1) is 0 Å². The third-order valence-electron chi connectivity index (χ3n) is 2.64. The van der Waals surface area contributed by atoms with Gasteiger partial charge in [0.1, 0.15) is 5.75 Å². The molecule has 0 radical (unpaired) electrons. The summed E-state index contributed by atoms with van der Waals surface area (Å²) < 4.78 is 5.41. The fraction of sp³-hybridized carbons (Fsp3) is 0.267. The van der Waals surface area contributed by atoms with Crippen molar-refractivity contribution in [1.29, 1.82) is 0 Å². The predicted molar refractivity (Wildman–Crippen MR) is 79.6 cm³/mol. The van der Waals surface area contributed by atoms with Crippen LogP contribution in [-0.4, -0.2) is 11.6 Å². The first kappa shape index (κ1) is 15.5.